The molecule has 0 fully saturated rings. The van der Waals surface area contributed by atoms with Crippen molar-refractivity contribution in [1.29, 1.82) is 0 Å². The molecule has 146 valence electrons. The van der Waals surface area contributed by atoms with E-state index in [1.54, 1.807) is 19.1 Å². The van der Waals surface area contributed by atoms with Crippen LogP contribution in [0, 0.1) is 20.8 Å². The molecule has 0 radical (unpaired) electrons. The van der Waals surface area contributed by atoms with E-state index in [0.717, 1.165) is 16.9 Å². The van der Waals surface area contributed by atoms with Crippen molar-refractivity contribution in [2.24, 2.45) is 0 Å². The van der Waals surface area contributed by atoms with Gasteiger partial charge in [-0.25, -0.2) is 13.1 Å². The number of ether oxygens (including phenoxy) is 1. The Hall–Kier alpha value is -2.38. The van der Waals surface area contributed by atoms with Gasteiger partial charge < -0.3 is 10.1 Å². The Morgan fingerprint density at radius 3 is 2.33 bits per heavy atom. The summed E-state index contributed by atoms with van der Waals surface area (Å²) in [6, 6.07) is 12.9. The second-order valence-corrected chi connectivity index (χ2v) is 8.16. The number of benzene rings is 2. The lowest BCUT2D eigenvalue weighted by Crippen LogP contribution is -2.33. The van der Waals surface area contributed by atoms with Crippen LogP contribution in [0.2, 0.25) is 0 Å². The first-order valence-corrected chi connectivity index (χ1v) is 10.3. The minimum atomic E-state index is -3.63. The Morgan fingerprint density at radius 2 is 1.63 bits per heavy atom. The first-order valence-electron chi connectivity index (χ1n) is 8.81. The molecule has 6 nitrogen and oxygen atoms in total. The number of sulfonamides is 1. The summed E-state index contributed by atoms with van der Waals surface area (Å²) in [5.74, 6) is 0.516. The lowest BCUT2D eigenvalue weighted by atomic mass is 10.2. The van der Waals surface area contributed by atoms with Gasteiger partial charge in [-0.3, -0.25) is 4.79 Å². The van der Waals surface area contributed by atoms with Crippen molar-refractivity contribution in [1.82, 2.24) is 10.0 Å². The van der Waals surface area contributed by atoms with Gasteiger partial charge >= 0.3 is 0 Å². The van der Waals surface area contributed by atoms with Crippen molar-refractivity contribution in [3.8, 4) is 5.75 Å². The molecule has 7 heteroatoms. The fraction of sp³-hybridized carbons (Fsp3) is 0.350. The van der Waals surface area contributed by atoms with Crippen molar-refractivity contribution in [3.63, 3.8) is 0 Å². The minimum Gasteiger partial charge on any atom is -0.492 e. The van der Waals surface area contributed by atoms with E-state index in [-0.39, 0.29) is 23.8 Å². The number of nitrogens with one attached hydrogen (secondary N) is 2. The molecule has 0 saturated heterocycles. The molecule has 2 rings (SSSR count). The zero-order valence-corrected chi connectivity index (χ0v) is 16.7. The van der Waals surface area contributed by atoms with E-state index >= 15 is 0 Å². The van der Waals surface area contributed by atoms with Crippen LogP contribution < -0.4 is 14.8 Å². The third-order valence-corrected chi connectivity index (χ3v) is 5.59. The summed E-state index contributed by atoms with van der Waals surface area (Å²) >= 11 is 0. The van der Waals surface area contributed by atoms with Gasteiger partial charge in [-0.2, -0.15) is 0 Å². The van der Waals surface area contributed by atoms with Crippen LogP contribution in [0.25, 0.3) is 0 Å². The molecule has 27 heavy (non-hydrogen) atoms. The number of carbonyl (C=O) groups is 1. The highest BCUT2D eigenvalue weighted by Crippen LogP contribution is 2.16. The Balaban J connectivity index is 1.70. The van der Waals surface area contributed by atoms with Gasteiger partial charge in [0.2, 0.25) is 15.9 Å². The molecule has 0 bridgehead atoms. The number of carbonyl (C=O) groups excluding carboxylic acids is 1. The van der Waals surface area contributed by atoms with Crippen molar-refractivity contribution < 1.29 is 17.9 Å². The molecule has 0 heterocycles. The van der Waals surface area contributed by atoms with Crippen molar-refractivity contribution in [2.75, 3.05) is 19.7 Å². The predicted octanol–water partition coefficient (Wildman–Crippen LogP) is 2.48. The number of amides is 1. The Bertz CT molecular complexity index is 877. The summed E-state index contributed by atoms with van der Waals surface area (Å²) in [7, 11) is -3.63. The molecule has 0 aliphatic rings. The van der Waals surface area contributed by atoms with Gasteiger partial charge in [0.05, 0.1) is 11.4 Å². The Morgan fingerprint density at radius 1 is 0.963 bits per heavy atom. The van der Waals surface area contributed by atoms with Gasteiger partial charge in [0.15, 0.2) is 0 Å². The van der Waals surface area contributed by atoms with Crippen LogP contribution in [0.15, 0.2) is 47.4 Å². The average molecular weight is 391 g/mol. The number of rotatable bonds is 9. The fourth-order valence-corrected chi connectivity index (χ4v) is 3.81. The van der Waals surface area contributed by atoms with Gasteiger partial charge in [-0.15, -0.1) is 0 Å². The molecule has 2 N–H and O–H groups in total. The number of hydrogen-bond acceptors (Lipinski definition) is 4. The molecule has 2 aromatic rings. The Labute approximate surface area is 161 Å². The van der Waals surface area contributed by atoms with Crippen molar-refractivity contribution in [3.05, 3.63) is 59.2 Å². The largest absolute Gasteiger partial charge is 0.492 e. The quantitative estimate of drug-likeness (QED) is 0.644. The monoisotopic (exact) mass is 390 g/mol. The zero-order valence-electron chi connectivity index (χ0n) is 15.9. The topological polar surface area (TPSA) is 84.5 Å². The normalized spacial score (nSPS) is 11.2. The first-order chi connectivity index (χ1) is 12.8. The van der Waals surface area contributed by atoms with Crippen LogP contribution in [0.3, 0.4) is 0 Å². The van der Waals surface area contributed by atoms with Gasteiger partial charge in [0, 0.05) is 13.0 Å². The van der Waals surface area contributed by atoms with Crippen molar-refractivity contribution in [2.45, 2.75) is 32.1 Å². The van der Waals surface area contributed by atoms with Crippen LogP contribution in [0.4, 0.5) is 0 Å². The smallest absolute Gasteiger partial charge is 0.240 e. The maximum atomic E-state index is 12.4. The average Bonchev–Trinajstić information content (AvgIpc) is 2.62. The van der Waals surface area contributed by atoms with E-state index in [9.17, 15) is 13.2 Å². The van der Waals surface area contributed by atoms with Crippen LogP contribution >= 0.6 is 0 Å². The maximum Gasteiger partial charge on any atom is 0.240 e. The molecule has 0 aliphatic carbocycles. The lowest BCUT2D eigenvalue weighted by molar-refractivity contribution is -0.121. The molecular formula is C20H26N2O4S. The molecule has 2 aromatic carbocycles. The maximum absolute atomic E-state index is 12.4. The number of hydrogen-bond donors (Lipinski definition) is 2. The summed E-state index contributed by atoms with van der Waals surface area (Å²) in [6.45, 7) is 6.33. The van der Waals surface area contributed by atoms with E-state index in [2.05, 4.69) is 10.0 Å². The standard InChI is InChI=1S/C20H26N2O4S/c1-15-5-8-18(9-6-15)26-13-12-21-20(23)10-11-22-27(24,25)19-14-16(2)4-7-17(19)3/h4-9,14,22H,10-13H2,1-3H3,(H,21,23). The molecule has 0 spiro atoms. The molecule has 1 amide bonds. The molecule has 0 unspecified atom stereocenters. The predicted molar refractivity (Wildman–Crippen MR) is 105 cm³/mol. The van der Waals surface area contributed by atoms with Crippen molar-refractivity contribution >= 4 is 15.9 Å². The van der Waals surface area contributed by atoms with E-state index in [1.807, 2.05) is 44.2 Å². The first kappa shape index (κ1) is 20.9. The highest BCUT2D eigenvalue weighted by molar-refractivity contribution is 7.89. The van der Waals surface area contributed by atoms with Crippen LogP contribution in [-0.4, -0.2) is 34.0 Å². The highest BCUT2D eigenvalue weighted by atomic mass is 32.2. The molecule has 0 saturated carbocycles. The highest BCUT2D eigenvalue weighted by Gasteiger charge is 2.16. The van der Waals surface area contributed by atoms with E-state index in [4.69, 9.17) is 4.74 Å². The summed E-state index contributed by atoms with van der Waals surface area (Å²) in [5.41, 5.74) is 2.69. The fourth-order valence-electron chi connectivity index (χ4n) is 2.46. The third kappa shape index (κ3) is 6.69. The van der Waals surface area contributed by atoms with Gasteiger partial charge in [0.25, 0.3) is 0 Å². The molecular weight excluding hydrogens is 364 g/mol. The lowest BCUT2D eigenvalue weighted by Gasteiger charge is -2.11. The molecule has 0 atom stereocenters. The second kappa shape index (κ2) is 9.53. The van der Waals surface area contributed by atoms with Crippen LogP contribution in [0.5, 0.6) is 5.75 Å². The Kier molecular flexibility index (Phi) is 7.38. The van der Waals surface area contributed by atoms with E-state index < -0.39 is 10.0 Å². The molecule has 0 aromatic heterocycles. The second-order valence-electron chi connectivity index (χ2n) is 6.43. The van der Waals surface area contributed by atoms with Crippen LogP contribution in [0.1, 0.15) is 23.1 Å². The summed E-state index contributed by atoms with van der Waals surface area (Å²) in [4.78, 5) is 12.1. The zero-order chi connectivity index (χ0) is 19.9. The summed E-state index contributed by atoms with van der Waals surface area (Å²) in [5, 5.41) is 2.71. The third-order valence-electron chi connectivity index (χ3n) is 3.99. The summed E-state index contributed by atoms with van der Waals surface area (Å²) < 4.78 is 32.7. The minimum absolute atomic E-state index is 0.0420. The van der Waals surface area contributed by atoms with Crippen LogP contribution in [-0.2, 0) is 14.8 Å². The molecule has 0 aliphatic heterocycles. The number of aryl methyl sites for hydroxylation is 3. The van der Waals surface area contributed by atoms with Gasteiger partial charge in [-0.05, 0) is 50.1 Å². The van der Waals surface area contributed by atoms with E-state index in [0.29, 0.717) is 18.7 Å². The summed E-state index contributed by atoms with van der Waals surface area (Å²) in [6.07, 6.45) is 0.0641. The van der Waals surface area contributed by atoms with Gasteiger partial charge in [-0.1, -0.05) is 29.8 Å². The van der Waals surface area contributed by atoms with E-state index in [1.165, 1.54) is 0 Å². The SMILES string of the molecule is Cc1ccc(OCCNC(=O)CCNS(=O)(=O)c2cc(C)ccc2C)cc1. The van der Waals surface area contributed by atoms with Gasteiger partial charge in [0.1, 0.15) is 12.4 Å².